The van der Waals surface area contributed by atoms with Crippen molar-refractivity contribution < 1.29 is 14.6 Å². The lowest BCUT2D eigenvalue weighted by Crippen LogP contribution is -1.99. The first-order valence-corrected chi connectivity index (χ1v) is 6.15. The second kappa shape index (κ2) is 5.76. The van der Waals surface area contributed by atoms with Crippen molar-refractivity contribution in [3.8, 4) is 5.75 Å². The van der Waals surface area contributed by atoms with Crippen LogP contribution in [-0.4, -0.2) is 11.1 Å². The van der Waals surface area contributed by atoms with E-state index in [1.807, 2.05) is 19.1 Å². The molecule has 0 unspecified atom stereocenters. The monoisotopic (exact) mass is 276 g/mol. The topological polar surface area (TPSA) is 46.5 Å². The number of hydrogen-bond acceptors (Lipinski definition) is 2. The number of carboxylic acids is 1. The molecule has 0 radical (unpaired) electrons. The Kier molecular flexibility index (Phi) is 4.07. The maximum absolute atomic E-state index is 10.7. The Morgan fingerprint density at radius 3 is 2.53 bits per heavy atom. The molecule has 2 rings (SSSR count). The van der Waals surface area contributed by atoms with Crippen LogP contribution in [0.2, 0.25) is 5.02 Å². The first-order valence-electron chi connectivity index (χ1n) is 5.77. The summed E-state index contributed by atoms with van der Waals surface area (Å²) in [4.78, 5) is 10.7. The molecule has 0 bridgehead atoms. The quantitative estimate of drug-likeness (QED) is 0.920. The average Bonchev–Trinajstić information content (AvgIpc) is 2.40. The summed E-state index contributed by atoms with van der Waals surface area (Å²) in [6, 6.07) is 12.1. The minimum Gasteiger partial charge on any atom is -0.487 e. The number of rotatable bonds is 4. The van der Waals surface area contributed by atoms with Gasteiger partial charge in [-0.05, 0) is 42.3 Å². The van der Waals surface area contributed by atoms with Crippen molar-refractivity contribution >= 4 is 17.6 Å². The molecule has 0 saturated carbocycles. The van der Waals surface area contributed by atoms with Gasteiger partial charge in [0, 0.05) is 0 Å². The van der Waals surface area contributed by atoms with E-state index in [1.54, 1.807) is 30.3 Å². The van der Waals surface area contributed by atoms with Crippen molar-refractivity contribution in [2.24, 2.45) is 0 Å². The number of benzene rings is 2. The van der Waals surface area contributed by atoms with E-state index >= 15 is 0 Å². The van der Waals surface area contributed by atoms with Crippen LogP contribution in [0.25, 0.3) is 0 Å². The van der Waals surface area contributed by atoms with Crippen molar-refractivity contribution in [3.63, 3.8) is 0 Å². The predicted molar refractivity (Wildman–Crippen MR) is 73.9 cm³/mol. The lowest BCUT2D eigenvalue weighted by Gasteiger charge is -2.09. The van der Waals surface area contributed by atoms with E-state index in [4.69, 9.17) is 21.4 Å². The van der Waals surface area contributed by atoms with Gasteiger partial charge in [0.25, 0.3) is 0 Å². The highest BCUT2D eigenvalue weighted by molar-refractivity contribution is 6.32. The van der Waals surface area contributed by atoms with Gasteiger partial charge in [-0.25, -0.2) is 4.79 Å². The Morgan fingerprint density at radius 2 is 1.89 bits per heavy atom. The molecular formula is C15H13ClO3. The first-order chi connectivity index (χ1) is 9.06. The van der Waals surface area contributed by atoms with E-state index < -0.39 is 5.97 Å². The lowest BCUT2D eigenvalue weighted by molar-refractivity contribution is 0.0697. The first kappa shape index (κ1) is 13.4. The molecule has 0 fully saturated rings. The zero-order chi connectivity index (χ0) is 13.8. The highest BCUT2D eigenvalue weighted by atomic mass is 35.5. The van der Waals surface area contributed by atoms with Crippen molar-refractivity contribution in [1.29, 1.82) is 0 Å². The minimum atomic E-state index is -0.936. The van der Waals surface area contributed by atoms with Crippen LogP contribution in [0.1, 0.15) is 21.5 Å². The number of carbonyl (C=O) groups is 1. The summed E-state index contributed by atoms with van der Waals surface area (Å²) >= 11 is 6.03. The van der Waals surface area contributed by atoms with E-state index in [0.717, 1.165) is 11.1 Å². The van der Waals surface area contributed by atoms with Crippen molar-refractivity contribution in [3.05, 3.63) is 64.2 Å². The fourth-order valence-electron chi connectivity index (χ4n) is 1.63. The number of halogens is 1. The van der Waals surface area contributed by atoms with E-state index in [1.165, 1.54) is 0 Å². The molecule has 2 aromatic rings. The van der Waals surface area contributed by atoms with Crippen molar-refractivity contribution in [2.75, 3.05) is 0 Å². The van der Waals surface area contributed by atoms with Crippen LogP contribution in [-0.2, 0) is 6.61 Å². The lowest BCUT2D eigenvalue weighted by atomic mass is 10.1. The SMILES string of the molecule is Cc1ccc(Cl)c(OCc2ccc(C(=O)O)cc2)c1. The summed E-state index contributed by atoms with van der Waals surface area (Å²) in [5.74, 6) is -0.307. The van der Waals surface area contributed by atoms with Crippen molar-refractivity contribution in [1.82, 2.24) is 0 Å². The second-order valence-electron chi connectivity index (χ2n) is 4.22. The molecule has 0 aliphatic rings. The van der Waals surface area contributed by atoms with Crippen LogP contribution in [0.3, 0.4) is 0 Å². The van der Waals surface area contributed by atoms with Gasteiger partial charge in [-0.2, -0.15) is 0 Å². The Bertz CT molecular complexity index is 591. The molecule has 4 heteroatoms. The molecular weight excluding hydrogens is 264 g/mol. The third-order valence-corrected chi connectivity index (χ3v) is 2.99. The number of hydrogen-bond donors (Lipinski definition) is 1. The van der Waals surface area contributed by atoms with Gasteiger partial charge in [-0.15, -0.1) is 0 Å². The van der Waals surface area contributed by atoms with Crippen LogP contribution >= 0.6 is 11.6 Å². The number of aromatic carboxylic acids is 1. The number of ether oxygens (including phenoxy) is 1. The number of carboxylic acid groups (broad SMARTS) is 1. The van der Waals surface area contributed by atoms with Crippen LogP contribution in [0.5, 0.6) is 5.75 Å². The second-order valence-corrected chi connectivity index (χ2v) is 4.63. The molecule has 1 N–H and O–H groups in total. The van der Waals surface area contributed by atoms with Gasteiger partial charge >= 0.3 is 5.97 Å². The Hall–Kier alpha value is -2.00. The molecule has 98 valence electrons. The van der Waals surface area contributed by atoms with Gasteiger partial charge in [0.2, 0.25) is 0 Å². The molecule has 0 spiro atoms. The van der Waals surface area contributed by atoms with Crippen LogP contribution in [0.4, 0.5) is 0 Å². The zero-order valence-electron chi connectivity index (χ0n) is 10.4. The van der Waals surface area contributed by atoms with E-state index in [2.05, 4.69) is 0 Å². The predicted octanol–water partition coefficient (Wildman–Crippen LogP) is 3.93. The van der Waals surface area contributed by atoms with E-state index in [9.17, 15) is 4.79 Å². The van der Waals surface area contributed by atoms with Gasteiger partial charge in [0.1, 0.15) is 12.4 Å². The summed E-state index contributed by atoms with van der Waals surface area (Å²) < 4.78 is 5.62. The standard InChI is InChI=1S/C15H13ClO3/c1-10-2-7-13(16)14(8-10)19-9-11-3-5-12(6-4-11)15(17)18/h2-8H,9H2,1H3,(H,17,18). The Labute approximate surface area is 116 Å². The molecule has 0 amide bonds. The summed E-state index contributed by atoms with van der Waals surface area (Å²) in [6.07, 6.45) is 0. The summed E-state index contributed by atoms with van der Waals surface area (Å²) in [7, 11) is 0. The Balaban J connectivity index is 2.06. The summed E-state index contributed by atoms with van der Waals surface area (Å²) in [6.45, 7) is 2.31. The van der Waals surface area contributed by atoms with Crippen molar-refractivity contribution in [2.45, 2.75) is 13.5 Å². The minimum absolute atomic E-state index is 0.261. The zero-order valence-corrected chi connectivity index (χ0v) is 11.1. The normalized spacial score (nSPS) is 10.2. The Morgan fingerprint density at radius 1 is 1.21 bits per heavy atom. The third-order valence-electron chi connectivity index (χ3n) is 2.68. The van der Waals surface area contributed by atoms with Gasteiger partial charge in [0.05, 0.1) is 10.6 Å². The number of aryl methyl sites for hydroxylation is 1. The largest absolute Gasteiger partial charge is 0.487 e. The molecule has 2 aromatic carbocycles. The molecule has 0 aliphatic heterocycles. The van der Waals surface area contributed by atoms with Gasteiger partial charge in [-0.3, -0.25) is 0 Å². The molecule has 19 heavy (non-hydrogen) atoms. The maximum Gasteiger partial charge on any atom is 0.335 e. The summed E-state index contributed by atoms with van der Waals surface area (Å²) in [5.41, 5.74) is 2.22. The summed E-state index contributed by atoms with van der Waals surface area (Å²) in [5, 5.41) is 9.36. The maximum atomic E-state index is 10.7. The molecule has 3 nitrogen and oxygen atoms in total. The molecule has 0 saturated heterocycles. The van der Waals surface area contributed by atoms with Gasteiger partial charge in [0.15, 0.2) is 0 Å². The fourth-order valence-corrected chi connectivity index (χ4v) is 1.80. The van der Waals surface area contributed by atoms with Crippen LogP contribution in [0.15, 0.2) is 42.5 Å². The smallest absolute Gasteiger partial charge is 0.335 e. The third kappa shape index (κ3) is 3.48. The van der Waals surface area contributed by atoms with E-state index in [-0.39, 0.29) is 5.56 Å². The highest BCUT2D eigenvalue weighted by Crippen LogP contribution is 2.26. The van der Waals surface area contributed by atoms with Crippen LogP contribution < -0.4 is 4.74 Å². The van der Waals surface area contributed by atoms with Gasteiger partial charge < -0.3 is 9.84 Å². The molecule has 0 aliphatic carbocycles. The average molecular weight is 277 g/mol. The van der Waals surface area contributed by atoms with Gasteiger partial charge in [-0.1, -0.05) is 29.8 Å². The van der Waals surface area contributed by atoms with Crippen LogP contribution in [0, 0.1) is 6.92 Å². The molecule has 0 atom stereocenters. The molecule has 0 aromatic heterocycles. The molecule has 0 heterocycles. The fraction of sp³-hybridized carbons (Fsp3) is 0.133. The highest BCUT2D eigenvalue weighted by Gasteiger charge is 2.04. The van der Waals surface area contributed by atoms with E-state index in [0.29, 0.717) is 17.4 Å².